The average molecular weight is 447 g/mol. The smallest absolute Gasteiger partial charge is 0.244 e. The van der Waals surface area contributed by atoms with Gasteiger partial charge in [0.1, 0.15) is 6.10 Å². The number of nitriles is 3. The van der Waals surface area contributed by atoms with E-state index >= 15 is 0 Å². The molecule has 0 saturated carbocycles. The topological polar surface area (TPSA) is 114 Å². The Morgan fingerprint density at radius 3 is 2.50 bits per heavy atom. The Morgan fingerprint density at radius 1 is 1.25 bits per heavy atom. The first-order chi connectivity index (χ1) is 15.2. The lowest BCUT2D eigenvalue weighted by Crippen LogP contribution is -2.61. The van der Waals surface area contributed by atoms with Crippen LogP contribution in [0.5, 0.6) is 0 Å². The number of allylic oxidation sites excluding steroid dienone is 2. The van der Waals surface area contributed by atoms with E-state index in [9.17, 15) is 15.8 Å². The van der Waals surface area contributed by atoms with Crippen LogP contribution >= 0.6 is 11.6 Å². The highest BCUT2D eigenvalue weighted by Crippen LogP contribution is 2.66. The summed E-state index contributed by atoms with van der Waals surface area (Å²) in [5, 5.41) is 40.1. The van der Waals surface area contributed by atoms with Gasteiger partial charge in [-0.15, -0.1) is 0 Å². The van der Waals surface area contributed by atoms with Crippen molar-refractivity contribution in [1.82, 2.24) is 0 Å². The minimum Gasteiger partial charge on any atom is -0.443 e. The normalized spacial score (nSPS) is 34.9. The molecule has 3 aliphatic rings. The van der Waals surface area contributed by atoms with Crippen molar-refractivity contribution in [3.05, 3.63) is 58.7 Å². The number of ether oxygens (including phenoxy) is 2. The van der Waals surface area contributed by atoms with Crippen LogP contribution < -0.4 is 0 Å². The molecule has 1 aromatic carbocycles. The monoisotopic (exact) mass is 446 g/mol. The van der Waals surface area contributed by atoms with Gasteiger partial charge in [0.05, 0.1) is 24.1 Å². The molecular formula is C25H23ClN4O2. The van der Waals surface area contributed by atoms with Gasteiger partial charge in [-0.05, 0) is 49.8 Å². The fraction of sp³-hybridized carbons (Fsp3) is 0.440. The van der Waals surface area contributed by atoms with Crippen molar-refractivity contribution >= 4 is 17.5 Å². The highest BCUT2D eigenvalue weighted by molar-refractivity contribution is 6.30. The van der Waals surface area contributed by atoms with Gasteiger partial charge >= 0.3 is 0 Å². The Balaban J connectivity index is 1.94. The van der Waals surface area contributed by atoms with Crippen molar-refractivity contribution in [2.24, 2.45) is 22.7 Å². The summed E-state index contributed by atoms with van der Waals surface area (Å²) in [4.78, 5) is 0. The van der Waals surface area contributed by atoms with Crippen LogP contribution in [0.2, 0.25) is 5.02 Å². The van der Waals surface area contributed by atoms with Crippen LogP contribution in [0.1, 0.15) is 38.7 Å². The quantitative estimate of drug-likeness (QED) is 0.626. The fourth-order valence-corrected chi connectivity index (χ4v) is 5.64. The molecule has 2 fully saturated rings. The van der Waals surface area contributed by atoms with Crippen molar-refractivity contribution < 1.29 is 9.47 Å². The van der Waals surface area contributed by atoms with Crippen molar-refractivity contribution in [2.75, 3.05) is 0 Å². The zero-order valence-electron chi connectivity index (χ0n) is 18.0. The maximum Gasteiger partial charge on any atom is 0.244 e. The average Bonchev–Trinajstić information content (AvgIpc) is 2.95. The van der Waals surface area contributed by atoms with E-state index in [4.69, 9.17) is 26.5 Å². The summed E-state index contributed by atoms with van der Waals surface area (Å²) in [6, 6.07) is 13.2. The number of nitrogens with one attached hydrogen (secondary N) is 1. The van der Waals surface area contributed by atoms with E-state index in [0.29, 0.717) is 22.9 Å². The van der Waals surface area contributed by atoms with Crippen molar-refractivity contribution in [1.29, 1.82) is 21.2 Å². The number of fused-ring (bicyclic) bond motifs is 2. The lowest BCUT2D eigenvalue weighted by molar-refractivity contribution is -0.276. The highest BCUT2D eigenvalue weighted by Gasteiger charge is 2.79. The third kappa shape index (κ3) is 2.62. The molecule has 2 bridgehead atoms. The largest absolute Gasteiger partial charge is 0.443 e. The third-order valence-electron chi connectivity index (χ3n) is 7.38. The van der Waals surface area contributed by atoms with E-state index in [1.807, 2.05) is 13.0 Å². The number of rotatable bonds is 3. The molecule has 32 heavy (non-hydrogen) atoms. The Labute approximate surface area is 192 Å². The van der Waals surface area contributed by atoms with Gasteiger partial charge in [0.15, 0.2) is 5.41 Å². The maximum atomic E-state index is 10.4. The molecule has 0 radical (unpaired) electrons. The van der Waals surface area contributed by atoms with Crippen LogP contribution in [-0.2, 0) is 15.3 Å². The first-order valence-electron chi connectivity index (χ1n) is 10.5. The van der Waals surface area contributed by atoms with E-state index in [0.717, 1.165) is 24.0 Å². The molecule has 0 spiro atoms. The Hall–Kier alpha value is -3.11. The summed E-state index contributed by atoms with van der Waals surface area (Å²) in [5.74, 6) is -2.41. The SMILES string of the molecule is C=C(C)C1CC=C(C2OC3(c4cccc(Cl)c4)OC(=N)C(C#N)(C3C)C2(C#N)C#N)CC1. The minimum atomic E-state index is -1.93. The van der Waals surface area contributed by atoms with Crippen molar-refractivity contribution in [3.8, 4) is 18.2 Å². The lowest BCUT2D eigenvalue weighted by atomic mass is 9.53. The minimum absolute atomic E-state index is 0.318. The second-order valence-corrected chi connectivity index (χ2v) is 9.31. The molecule has 2 aliphatic heterocycles. The number of hydrogen-bond acceptors (Lipinski definition) is 6. The standard InChI is InChI=1S/C25H23ClN4O2/c1-15(2)17-7-9-18(10-8-17)21-23(12-27,13-28)24(14-29)16(3)25(31-21,32-22(24)30)19-5-4-6-20(26)11-19/h4-6,9,11,16-17,21,30H,1,7-8,10H2,2-3H3. The maximum absolute atomic E-state index is 10.4. The van der Waals surface area contributed by atoms with Crippen LogP contribution in [0.4, 0.5) is 0 Å². The second-order valence-electron chi connectivity index (χ2n) is 8.88. The molecule has 1 aromatic rings. The molecule has 0 amide bonds. The Kier molecular flexibility index (Phi) is 5.17. The number of nitrogens with zero attached hydrogens (tertiary/aromatic N) is 3. The highest BCUT2D eigenvalue weighted by atomic mass is 35.5. The molecule has 6 nitrogen and oxygen atoms in total. The number of benzene rings is 1. The predicted octanol–water partition coefficient (Wildman–Crippen LogP) is 5.38. The lowest BCUT2D eigenvalue weighted by Gasteiger charge is -2.49. The summed E-state index contributed by atoms with van der Waals surface area (Å²) in [5.41, 5.74) is -1.32. The molecule has 4 rings (SSSR count). The molecule has 0 aromatic heterocycles. The van der Waals surface area contributed by atoms with Gasteiger partial charge in [-0.2, -0.15) is 15.8 Å². The predicted molar refractivity (Wildman–Crippen MR) is 118 cm³/mol. The molecule has 1 N–H and O–H groups in total. The van der Waals surface area contributed by atoms with E-state index < -0.39 is 34.5 Å². The van der Waals surface area contributed by atoms with Crippen LogP contribution in [0.25, 0.3) is 0 Å². The summed E-state index contributed by atoms with van der Waals surface area (Å²) in [6.07, 6.45) is 3.09. The van der Waals surface area contributed by atoms with E-state index in [2.05, 4.69) is 24.8 Å². The van der Waals surface area contributed by atoms with E-state index in [1.54, 1.807) is 31.2 Å². The molecule has 2 saturated heterocycles. The molecule has 162 valence electrons. The Bertz CT molecular complexity index is 1160. The molecule has 5 unspecified atom stereocenters. The van der Waals surface area contributed by atoms with Crippen molar-refractivity contribution in [3.63, 3.8) is 0 Å². The molecular weight excluding hydrogens is 424 g/mol. The van der Waals surface area contributed by atoms with Crippen molar-refractivity contribution in [2.45, 2.75) is 45.0 Å². The Morgan fingerprint density at radius 2 is 1.97 bits per heavy atom. The van der Waals surface area contributed by atoms with E-state index in [1.165, 1.54) is 0 Å². The second kappa shape index (κ2) is 7.49. The van der Waals surface area contributed by atoms with E-state index in [-0.39, 0.29) is 0 Å². The van der Waals surface area contributed by atoms with Crippen LogP contribution in [0.15, 0.2) is 48.1 Å². The molecule has 1 aliphatic carbocycles. The summed E-state index contributed by atoms with van der Waals surface area (Å²) >= 11 is 6.24. The van der Waals surface area contributed by atoms with Crippen LogP contribution in [0, 0.1) is 62.1 Å². The number of hydrogen-bond donors (Lipinski definition) is 1. The third-order valence-corrected chi connectivity index (χ3v) is 7.61. The van der Waals surface area contributed by atoms with Gasteiger partial charge in [-0.25, -0.2) is 0 Å². The van der Waals surface area contributed by atoms with Crippen LogP contribution in [-0.4, -0.2) is 12.0 Å². The summed E-state index contributed by atoms with van der Waals surface area (Å²) in [7, 11) is 0. The van der Waals surface area contributed by atoms with Crippen LogP contribution in [0.3, 0.4) is 0 Å². The first-order valence-corrected chi connectivity index (χ1v) is 10.9. The first kappa shape index (κ1) is 22.1. The van der Waals surface area contributed by atoms with Gasteiger partial charge in [-0.1, -0.05) is 48.9 Å². The van der Waals surface area contributed by atoms with Gasteiger partial charge in [0.2, 0.25) is 17.1 Å². The summed E-state index contributed by atoms with van der Waals surface area (Å²) in [6.45, 7) is 7.73. The summed E-state index contributed by atoms with van der Waals surface area (Å²) < 4.78 is 12.5. The molecule has 2 heterocycles. The molecule has 7 heteroatoms. The number of halogens is 1. The fourth-order valence-electron chi connectivity index (χ4n) is 5.45. The molecule has 5 atom stereocenters. The zero-order chi connectivity index (χ0) is 23.3. The zero-order valence-corrected chi connectivity index (χ0v) is 18.7. The van der Waals surface area contributed by atoms with Gasteiger partial charge < -0.3 is 9.47 Å². The van der Waals surface area contributed by atoms with Gasteiger partial charge in [0.25, 0.3) is 0 Å². The van der Waals surface area contributed by atoms with Gasteiger partial charge in [-0.3, -0.25) is 5.41 Å². The van der Waals surface area contributed by atoms with Gasteiger partial charge in [0, 0.05) is 10.6 Å².